The summed E-state index contributed by atoms with van der Waals surface area (Å²) in [6, 6.07) is 17.1. The lowest BCUT2D eigenvalue weighted by Crippen LogP contribution is -2.11. The summed E-state index contributed by atoms with van der Waals surface area (Å²) in [7, 11) is 1.65. The number of nitrogens with one attached hydrogen (secondary N) is 2. The minimum absolute atomic E-state index is 0.510. The Morgan fingerprint density at radius 3 is 2.54 bits per heavy atom. The molecule has 0 aliphatic rings. The van der Waals surface area contributed by atoms with Gasteiger partial charge in [0, 0.05) is 30.3 Å². The second-order valence-electron chi connectivity index (χ2n) is 5.50. The van der Waals surface area contributed by atoms with E-state index in [0.29, 0.717) is 35.0 Å². The van der Waals surface area contributed by atoms with Gasteiger partial charge in [0.2, 0.25) is 5.95 Å². The van der Waals surface area contributed by atoms with Crippen molar-refractivity contribution in [1.29, 1.82) is 0 Å². The fraction of sp³-hybridized carbons (Fsp3) is 0.158. The summed E-state index contributed by atoms with van der Waals surface area (Å²) < 4.78 is 5.07. The smallest absolute Gasteiger partial charge is 0.225 e. The predicted molar refractivity (Wildman–Crippen MR) is 108 cm³/mol. The Morgan fingerprint density at radius 2 is 1.81 bits per heavy atom. The van der Waals surface area contributed by atoms with Crippen LogP contribution in [-0.4, -0.2) is 30.2 Å². The van der Waals surface area contributed by atoms with Crippen LogP contribution in [0.2, 0.25) is 10.0 Å². The van der Waals surface area contributed by atoms with Crippen LogP contribution in [0.1, 0.15) is 0 Å². The molecule has 1 aromatic heterocycles. The first kappa shape index (κ1) is 18.5. The number of hydrogen-bond acceptors (Lipinski definition) is 5. The lowest BCUT2D eigenvalue weighted by molar-refractivity contribution is 0.210. The average molecular weight is 389 g/mol. The Bertz CT molecular complexity index is 875. The molecule has 0 bridgehead atoms. The summed E-state index contributed by atoms with van der Waals surface area (Å²) in [6.07, 6.45) is 0. The number of nitrogens with zero attached hydrogens (tertiary/aromatic N) is 2. The molecule has 0 aliphatic heterocycles. The van der Waals surface area contributed by atoms with Gasteiger partial charge in [0.25, 0.3) is 0 Å². The van der Waals surface area contributed by atoms with Gasteiger partial charge in [-0.1, -0.05) is 53.5 Å². The van der Waals surface area contributed by atoms with Gasteiger partial charge in [-0.15, -0.1) is 0 Å². The van der Waals surface area contributed by atoms with Crippen LogP contribution in [0.4, 0.5) is 17.5 Å². The van der Waals surface area contributed by atoms with Gasteiger partial charge in [0.15, 0.2) is 0 Å². The fourth-order valence-electron chi connectivity index (χ4n) is 2.34. The number of halogens is 2. The van der Waals surface area contributed by atoms with Crippen molar-refractivity contribution in [2.75, 3.05) is 30.9 Å². The highest BCUT2D eigenvalue weighted by atomic mass is 35.5. The lowest BCUT2D eigenvalue weighted by Gasteiger charge is -2.12. The van der Waals surface area contributed by atoms with Crippen LogP contribution < -0.4 is 10.6 Å². The van der Waals surface area contributed by atoms with Gasteiger partial charge in [-0.25, -0.2) is 4.98 Å². The number of anilines is 3. The first-order chi connectivity index (χ1) is 12.7. The van der Waals surface area contributed by atoms with E-state index in [1.807, 2.05) is 42.5 Å². The maximum Gasteiger partial charge on any atom is 0.225 e. The monoisotopic (exact) mass is 388 g/mol. The highest BCUT2D eigenvalue weighted by Gasteiger charge is 2.09. The molecule has 0 saturated carbocycles. The molecule has 134 valence electrons. The molecule has 0 saturated heterocycles. The number of methoxy groups -OCH3 is 1. The number of benzene rings is 2. The fourth-order valence-corrected chi connectivity index (χ4v) is 2.80. The Hall–Kier alpha value is -2.34. The molecule has 3 aromatic rings. The molecule has 1 heterocycles. The van der Waals surface area contributed by atoms with E-state index in [9.17, 15) is 0 Å². The second kappa shape index (κ2) is 8.85. The number of hydrogen-bond donors (Lipinski definition) is 2. The van der Waals surface area contributed by atoms with Crippen LogP contribution in [0, 0.1) is 0 Å². The SMILES string of the molecule is COCCNc1nc(Nc2ccc(Cl)cc2Cl)cc(-c2ccccc2)n1. The molecule has 3 rings (SSSR count). The topological polar surface area (TPSA) is 59.1 Å². The number of aromatic nitrogens is 2. The third-order valence-electron chi connectivity index (χ3n) is 3.58. The Balaban J connectivity index is 1.93. The molecular weight excluding hydrogens is 371 g/mol. The van der Waals surface area contributed by atoms with Crippen LogP contribution in [0.5, 0.6) is 0 Å². The normalized spacial score (nSPS) is 10.6. The minimum atomic E-state index is 0.510. The van der Waals surface area contributed by atoms with E-state index >= 15 is 0 Å². The predicted octanol–water partition coefficient (Wildman–Crippen LogP) is 5.25. The summed E-state index contributed by atoms with van der Waals surface area (Å²) in [6.45, 7) is 1.17. The average Bonchev–Trinajstić information content (AvgIpc) is 2.65. The summed E-state index contributed by atoms with van der Waals surface area (Å²) in [5.41, 5.74) is 2.51. The van der Waals surface area contributed by atoms with E-state index in [2.05, 4.69) is 20.6 Å². The molecule has 0 amide bonds. The van der Waals surface area contributed by atoms with Crippen LogP contribution in [0.15, 0.2) is 54.6 Å². The van der Waals surface area contributed by atoms with Gasteiger partial charge in [-0.3, -0.25) is 0 Å². The summed E-state index contributed by atoms with van der Waals surface area (Å²) >= 11 is 12.2. The third-order valence-corrected chi connectivity index (χ3v) is 4.13. The van der Waals surface area contributed by atoms with E-state index in [1.54, 1.807) is 19.2 Å². The Labute approximate surface area is 162 Å². The summed E-state index contributed by atoms with van der Waals surface area (Å²) in [5, 5.41) is 7.49. The molecule has 2 N–H and O–H groups in total. The molecule has 0 atom stereocenters. The van der Waals surface area contributed by atoms with Gasteiger partial charge in [0.1, 0.15) is 5.82 Å². The number of ether oxygens (including phenoxy) is 1. The molecule has 5 nitrogen and oxygen atoms in total. The molecule has 0 spiro atoms. The Kier molecular flexibility index (Phi) is 6.28. The highest BCUT2D eigenvalue weighted by molar-refractivity contribution is 6.36. The first-order valence-electron chi connectivity index (χ1n) is 8.05. The van der Waals surface area contributed by atoms with E-state index < -0.39 is 0 Å². The van der Waals surface area contributed by atoms with Crippen molar-refractivity contribution >= 4 is 40.7 Å². The molecular formula is C19H18Cl2N4O. The van der Waals surface area contributed by atoms with Crippen molar-refractivity contribution in [2.24, 2.45) is 0 Å². The van der Waals surface area contributed by atoms with Crippen molar-refractivity contribution < 1.29 is 4.74 Å². The molecule has 2 aromatic carbocycles. The molecule has 26 heavy (non-hydrogen) atoms. The molecule has 0 fully saturated rings. The van der Waals surface area contributed by atoms with Crippen molar-refractivity contribution in [2.45, 2.75) is 0 Å². The second-order valence-corrected chi connectivity index (χ2v) is 6.34. The standard InChI is InChI=1S/C19H18Cl2N4O/c1-26-10-9-22-19-24-17(13-5-3-2-4-6-13)12-18(25-19)23-16-8-7-14(20)11-15(16)21/h2-8,11-12H,9-10H2,1H3,(H2,22,23,24,25). The summed E-state index contributed by atoms with van der Waals surface area (Å²) in [4.78, 5) is 9.09. The quantitative estimate of drug-likeness (QED) is 0.541. The van der Waals surface area contributed by atoms with Gasteiger partial charge in [-0.2, -0.15) is 4.98 Å². The van der Waals surface area contributed by atoms with E-state index in [-0.39, 0.29) is 0 Å². The van der Waals surface area contributed by atoms with Crippen molar-refractivity contribution in [1.82, 2.24) is 9.97 Å². The van der Waals surface area contributed by atoms with E-state index in [1.165, 1.54) is 0 Å². The minimum Gasteiger partial charge on any atom is -0.383 e. The maximum atomic E-state index is 6.26. The van der Waals surface area contributed by atoms with E-state index in [4.69, 9.17) is 27.9 Å². The van der Waals surface area contributed by atoms with Gasteiger partial charge in [-0.05, 0) is 18.2 Å². The zero-order valence-corrected chi connectivity index (χ0v) is 15.7. The molecule has 0 aliphatic carbocycles. The molecule has 7 heteroatoms. The van der Waals surface area contributed by atoms with Crippen molar-refractivity contribution in [3.63, 3.8) is 0 Å². The zero-order valence-electron chi connectivity index (χ0n) is 14.2. The first-order valence-corrected chi connectivity index (χ1v) is 8.80. The third kappa shape index (κ3) is 4.85. The highest BCUT2D eigenvalue weighted by Crippen LogP contribution is 2.29. The Morgan fingerprint density at radius 1 is 1.00 bits per heavy atom. The van der Waals surface area contributed by atoms with Crippen LogP contribution >= 0.6 is 23.2 Å². The maximum absolute atomic E-state index is 6.26. The van der Waals surface area contributed by atoms with Crippen LogP contribution in [0.25, 0.3) is 11.3 Å². The largest absolute Gasteiger partial charge is 0.383 e. The van der Waals surface area contributed by atoms with E-state index in [0.717, 1.165) is 16.9 Å². The van der Waals surface area contributed by atoms with Gasteiger partial charge < -0.3 is 15.4 Å². The van der Waals surface area contributed by atoms with Gasteiger partial charge in [0.05, 0.1) is 23.0 Å². The van der Waals surface area contributed by atoms with Crippen molar-refractivity contribution in [3.05, 3.63) is 64.6 Å². The molecule has 0 unspecified atom stereocenters. The van der Waals surface area contributed by atoms with Crippen LogP contribution in [-0.2, 0) is 4.74 Å². The number of rotatable bonds is 7. The molecule has 0 radical (unpaired) electrons. The van der Waals surface area contributed by atoms with Crippen molar-refractivity contribution in [3.8, 4) is 11.3 Å². The zero-order chi connectivity index (χ0) is 18.4. The lowest BCUT2D eigenvalue weighted by atomic mass is 10.1. The van der Waals surface area contributed by atoms with Gasteiger partial charge >= 0.3 is 0 Å². The van der Waals surface area contributed by atoms with Crippen LogP contribution in [0.3, 0.4) is 0 Å². The summed E-state index contributed by atoms with van der Waals surface area (Å²) in [5.74, 6) is 1.14.